The van der Waals surface area contributed by atoms with E-state index in [0.717, 1.165) is 21.7 Å². The maximum Gasteiger partial charge on any atom is 0.247 e. The van der Waals surface area contributed by atoms with Crippen molar-refractivity contribution in [1.82, 2.24) is 19.8 Å². The summed E-state index contributed by atoms with van der Waals surface area (Å²) in [5, 5.41) is 5.21. The molecule has 1 aromatic carbocycles. The minimum atomic E-state index is -3.63. The average Bonchev–Trinajstić information content (AvgIpc) is 2.61. The Labute approximate surface area is 165 Å². The maximum absolute atomic E-state index is 12.7. The Kier molecular flexibility index (Phi) is 6.45. The van der Waals surface area contributed by atoms with Crippen molar-refractivity contribution < 1.29 is 22.8 Å². The summed E-state index contributed by atoms with van der Waals surface area (Å²) in [6, 6.07) is 7.68. The Bertz CT molecular complexity index is 886. The molecule has 1 fully saturated rings. The molecule has 1 aliphatic rings. The minimum absolute atomic E-state index is 0.176. The van der Waals surface area contributed by atoms with Crippen molar-refractivity contribution in [2.24, 2.45) is 0 Å². The van der Waals surface area contributed by atoms with Crippen molar-refractivity contribution in [3.8, 4) is 0 Å². The van der Waals surface area contributed by atoms with Crippen molar-refractivity contribution >= 4 is 27.7 Å². The van der Waals surface area contributed by atoms with Gasteiger partial charge in [0, 0.05) is 20.1 Å². The topological polar surface area (TPSA) is 116 Å². The Balaban J connectivity index is 1.96. The van der Waals surface area contributed by atoms with Gasteiger partial charge in [-0.3, -0.25) is 14.4 Å². The number of carbonyl (C=O) groups excluding carboxylic acids is 3. The lowest BCUT2D eigenvalue weighted by Crippen LogP contribution is -2.68. The number of carbonyl (C=O) groups is 3. The van der Waals surface area contributed by atoms with Crippen LogP contribution >= 0.6 is 0 Å². The molecule has 1 aromatic rings. The third-order valence-electron chi connectivity index (χ3n) is 4.85. The SMILES string of the molecule is Cc1cccc(CNC(=O)CNC(=O)[C@]2(C)CN(S(C)(=O)=O)CC(=O)N2C)c1. The number of hydrogen-bond donors (Lipinski definition) is 2. The van der Waals surface area contributed by atoms with Gasteiger partial charge in [0.1, 0.15) is 5.54 Å². The van der Waals surface area contributed by atoms with Crippen LogP contribution in [0.1, 0.15) is 18.1 Å². The molecule has 1 saturated heterocycles. The first-order chi connectivity index (χ1) is 12.9. The van der Waals surface area contributed by atoms with Crippen LogP contribution < -0.4 is 10.6 Å². The second kappa shape index (κ2) is 8.27. The lowest BCUT2D eigenvalue weighted by Gasteiger charge is -2.44. The van der Waals surface area contributed by atoms with Gasteiger partial charge in [-0.1, -0.05) is 29.8 Å². The van der Waals surface area contributed by atoms with Gasteiger partial charge >= 0.3 is 0 Å². The van der Waals surface area contributed by atoms with E-state index in [9.17, 15) is 22.8 Å². The molecule has 0 aromatic heterocycles. The summed E-state index contributed by atoms with van der Waals surface area (Å²) in [6.45, 7) is 2.99. The quantitative estimate of drug-likeness (QED) is 0.638. The van der Waals surface area contributed by atoms with Crippen LogP contribution in [0, 0.1) is 6.92 Å². The third-order valence-corrected chi connectivity index (χ3v) is 6.05. The zero-order chi connectivity index (χ0) is 21.1. The number of nitrogens with one attached hydrogen (secondary N) is 2. The molecular formula is C18H26N4O5S. The molecule has 0 saturated carbocycles. The molecule has 9 nitrogen and oxygen atoms in total. The fourth-order valence-electron chi connectivity index (χ4n) is 2.93. The molecule has 154 valence electrons. The summed E-state index contributed by atoms with van der Waals surface area (Å²) in [5.41, 5.74) is 0.608. The van der Waals surface area contributed by atoms with E-state index in [2.05, 4.69) is 10.6 Å². The molecule has 10 heteroatoms. The van der Waals surface area contributed by atoms with Crippen molar-refractivity contribution in [3.05, 3.63) is 35.4 Å². The molecule has 28 heavy (non-hydrogen) atoms. The Morgan fingerprint density at radius 1 is 1.25 bits per heavy atom. The molecule has 0 unspecified atom stereocenters. The summed E-state index contributed by atoms with van der Waals surface area (Å²) in [7, 11) is -2.19. The summed E-state index contributed by atoms with van der Waals surface area (Å²) in [5.74, 6) is -1.47. The van der Waals surface area contributed by atoms with Gasteiger partial charge in [-0.2, -0.15) is 4.31 Å². The van der Waals surface area contributed by atoms with E-state index < -0.39 is 27.4 Å². The van der Waals surface area contributed by atoms with Gasteiger partial charge in [0.05, 0.1) is 19.3 Å². The van der Waals surface area contributed by atoms with Gasteiger partial charge in [0.2, 0.25) is 27.7 Å². The van der Waals surface area contributed by atoms with Gasteiger partial charge in [-0.05, 0) is 19.4 Å². The number of likely N-dealkylation sites (N-methyl/N-ethyl adjacent to an activating group) is 1. The largest absolute Gasteiger partial charge is 0.350 e. The summed E-state index contributed by atoms with van der Waals surface area (Å²) in [4.78, 5) is 38.1. The first-order valence-corrected chi connectivity index (χ1v) is 10.6. The van der Waals surface area contributed by atoms with Gasteiger partial charge in [0.15, 0.2) is 0 Å². The Hall–Kier alpha value is -2.46. The van der Waals surface area contributed by atoms with E-state index >= 15 is 0 Å². The van der Waals surface area contributed by atoms with Crippen LogP contribution in [0.3, 0.4) is 0 Å². The number of sulfonamides is 1. The molecule has 1 heterocycles. The van der Waals surface area contributed by atoms with Crippen molar-refractivity contribution in [2.45, 2.75) is 25.9 Å². The van der Waals surface area contributed by atoms with E-state index in [1.165, 1.54) is 18.9 Å². The molecule has 0 aliphatic carbocycles. The highest BCUT2D eigenvalue weighted by Crippen LogP contribution is 2.22. The Morgan fingerprint density at radius 2 is 1.93 bits per heavy atom. The number of hydrogen-bond acceptors (Lipinski definition) is 5. The molecular weight excluding hydrogens is 384 g/mol. The number of rotatable bonds is 6. The highest BCUT2D eigenvalue weighted by molar-refractivity contribution is 7.88. The maximum atomic E-state index is 12.7. The van der Waals surface area contributed by atoms with E-state index in [0.29, 0.717) is 6.54 Å². The number of amides is 3. The lowest BCUT2D eigenvalue weighted by atomic mass is 9.96. The zero-order valence-corrected chi connectivity index (χ0v) is 17.3. The predicted molar refractivity (Wildman–Crippen MR) is 104 cm³/mol. The standard InChI is InChI=1S/C18H26N4O5S/c1-13-6-5-7-14(8-13)9-19-15(23)10-20-17(25)18(2)12-22(28(4,26)27)11-16(24)21(18)3/h5-8H,9-12H2,1-4H3,(H,19,23)(H,20,25)/t18-/m0/s1. The average molecular weight is 410 g/mol. The van der Waals surface area contributed by atoms with E-state index in [1.807, 2.05) is 31.2 Å². The van der Waals surface area contributed by atoms with Gasteiger partial charge in [-0.25, -0.2) is 8.42 Å². The van der Waals surface area contributed by atoms with Crippen LogP contribution in [0.2, 0.25) is 0 Å². The first-order valence-electron chi connectivity index (χ1n) is 8.76. The Morgan fingerprint density at radius 3 is 2.54 bits per heavy atom. The minimum Gasteiger partial charge on any atom is -0.350 e. The van der Waals surface area contributed by atoms with E-state index in [1.54, 1.807) is 0 Å². The highest BCUT2D eigenvalue weighted by atomic mass is 32.2. The number of nitrogens with zero attached hydrogens (tertiary/aromatic N) is 2. The number of aryl methyl sites for hydroxylation is 1. The van der Waals surface area contributed by atoms with Crippen LogP contribution in [-0.4, -0.2) is 73.8 Å². The summed E-state index contributed by atoms with van der Waals surface area (Å²) >= 11 is 0. The van der Waals surface area contributed by atoms with Crippen LogP contribution in [-0.2, 0) is 31.0 Å². The smallest absolute Gasteiger partial charge is 0.247 e. The van der Waals surface area contributed by atoms with Crippen molar-refractivity contribution in [2.75, 3.05) is 32.9 Å². The summed E-state index contributed by atoms with van der Waals surface area (Å²) in [6.07, 6.45) is 0.989. The monoisotopic (exact) mass is 410 g/mol. The first kappa shape index (κ1) is 21.8. The molecule has 1 atom stereocenters. The van der Waals surface area contributed by atoms with Gasteiger partial charge < -0.3 is 15.5 Å². The van der Waals surface area contributed by atoms with Crippen molar-refractivity contribution in [1.29, 1.82) is 0 Å². The molecule has 3 amide bonds. The molecule has 0 spiro atoms. The van der Waals surface area contributed by atoms with Gasteiger partial charge in [-0.15, -0.1) is 0 Å². The van der Waals surface area contributed by atoms with Gasteiger partial charge in [0.25, 0.3) is 0 Å². The molecule has 0 bridgehead atoms. The zero-order valence-electron chi connectivity index (χ0n) is 16.5. The van der Waals surface area contributed by atoms with E-state index in [-0.39, 0.29) is 25.5 Å². The van der Waals surface area contributed by atoms with Crippen LogP contribution in [0.25, 0.3) is 0 Å². The number of piperazine rings is 1. The molecule has 1 aliphatic heterocycles. The van der Waals surface area contributed by atoms with Crippen LogP contribution in [0.4, 0.5) is 0 Å². The second-order valence-corrected chi connectivity index (χ2v) is 9.19. The molecule has 2 N–H and O–H groups in total. The lowest BCUT2D eigenvalue weighted by molar-refractivity contribution is -0.150. The van der Waals surface area contributed by atoms with Crippen LogP contribution in [0.5, 0.6) is 0 Å². The van der Waals surface area contributed by atoms with Crippen molar-refractivity contribution in [3.63, 3.8) is 0 Å². The third kappa shape index (κ3) is 5.08. The highest BCUT2D eigenvalue weighted by Gasteiger charge is 2.47. The predicted octanol–water partition coefficient (Wildman–Crippen LogP) is -0.780. The van der Waals surface area contributed by atoms with E-state index in [4.69, 9.17) is 0 Å². The fraction of sp³-hybridized carbons (Fsp3) is 0.500. The normalized spacial score (nSPS) is 20.7. The van der Waals surface area contributed by atoms with Crippen LogP contribution in [0.15, 0.2) is 24.3 Å². The second-order valence-electron chi connectivity index (χ2n) is 7.21. The molecule has 2 rings (SSSR count). The summed E-state index contributed by atoms with van der Waals surface area (Å²) < 4.78 is 24.6. The number of benzene rings is 1. The molecule has 0 radical (unpaired) electrons. The fourth-order valence-corrected chi connectivity index (χ4v) is 3.76.